The lowest BCUT2D eigenvalue weighted by atomic mass is 10.1. The van der Waals surface area contributed by atoms with Crippen LogP contribution in [0.25, 0.3) is 0 Å². The van der Waals surface area contributed by atoms with Crippen LogP contribution in [0.2, 0.25) is 10.0 Å². The fraction of sp³-hybridized carbons (Fsp3) is 0.550. The highest BCUT2D eigenvalue weighted by atomic mass is 35.5. The summed E-state index contributed by atoms with van der Waals surface area (Å²) < 4.78 is 0. The van der Waals surface area contributed by atoms with Crippen molar-refractivity contribution in [3.8, 4) is 0 Å². The van der Waals surface area contributed by atoms with E-state index in [0.29, 0.717) is 20.3 Å². The second kappa shape index (κ2) is 13.0. The van der Waals surface area contributed by atoms with Crippen LogP contribution in [0.15, 0.2) is 18.2 Å². The molecule has 0 radical (unpaired) electrons. The first-order valence-corrected chi connectivity index (χ1v) is 11.5. The maximum Gasteiger partial charge on any atom is 0.260 e. The van der Waals surface area contributed by atoms with Gasteiger partial charge >= 0.3 is 0 Å². The minimum Gasteiger partial charge on any atom is -0.360 e. The number of nitrogens with one attached hydrogen (secondary N) is 2. The zero-order valence-corrected chi connectivity index (χ0v) is 18.6. The lowest BCUT2D eigenvalue weighted by Crippen LogP contribution is -2.12. The Morgan fingerprint density at radius 3 is 2.14 bits per heavy atom. The van der Waals surface area contributed by atoms with Crippen molar-refractivity contribution >= 4 is 50.7 Å². The first kappa shape index (κ1) is 22.9. The molecule has 1 heterocycles. The van der Waals surface area contributed by atoms with Crippen LogP contribution in [0, 0.1) is 0 Å². The Morgan fingerprint density at radius 1 is 0.929 bits per heavy atom. The molecule has 5 nitrogen and oxygen atoms in total. The third kappa shape index (κ3) is 7.94. The van der Waals surface area contributed by atoms with Crippen molar-refractivity contribution in [1.82, 2.24) is 10.2 Å². The molecule has 0 atom stereocenters. The molecule has 2 rings (SSSR count). The van der Waals surface area contributed by atoms with Gasteiger partial charge in [0.15, 0.2) is 0 Å². The van der Waals surface area contributed by atoms with E-state index in [1.165, 1.54) is 62.7 Å². The molecule has 0 fully saturated rings. The maximum atomic E-state index is 12.3. The molecule has 0 aliphatic heterocycles. The van der Waals surface area contributed by atoms with Crippen LogP contribution in [-0.2, 0) is 0 Å². The largest absolute Gasteiger partial charge is 0.360 e. The quantitative estimate of drug-likeness (QED) is 0.326. The predicted molar refractivity (Wildman–Crippen MR) is 120 cm³/mol. The molecule has 0 saturated heterocycles. The fourth-order valence-electron chi connectivity index (χ4n) is 2.85. The van der Waals surface area contributed by atoms with Crippen molar-refractivity contribution in [2.45, 2.75) is 64.7 Å². The third-order valence-corrected chi connectivity index (χ3v) is 5.82. The number of carbonyl (C=O) groups is 1. The standard InChI is InChI=1S/C20H28Cl2N4OS/c1-2-3-4-5-6-7-8-9-10-14-23-19-25-26-20(28-19)24-18(27)17-15(21)12-11-13-16(17)22/h11-13H,2-10,14H2,1H3,(H,23,25)(H,24,26,27). The fourth-order valence-corrected chi connectivity index (χ4v) is 4.08. The number of hydrogen-bond acceptors (Lipinski definition) is 5. The average molecular weight is 443 g/mol. The summed E-state index contributed by atoms with van der Waals surface area (Å²) in [6.07, 6.45) is 11.7. The van der Waals surface area contributed by atoms with Crippen molar-refractivity contribution in [2.75, 3.05) is 17.2 Å². The van der Waals surface area contributed by atoms with Gasteiger partial charge in [0.2, 0.25) is 10.3 Å². The molecule has 1 aromatic heterocycles. The summed E-state index contributed by atoms with van der Waals surface area (Å²) in [6, 6.07) is 4.95. The summed E-state index contributed by atoms with van der Waals surface area (Å²) in [7, 11) is 0. The topological polar surface area (TPSA) is 66.9 Å². The summed E-state index contributed by atoms with van der Waals surface area (Å²) in [6.45, 7) is 3.10. The van der Waals surface area contributed by atoms with Gasteiger partial charge < -0.3 is 5.32 Å². The Morgan fingerprint density at radius 2 is 1.50 bits per heavy atom. The van der Waals surface area contributed by atoms with Crippen molar-refractivity contribution in [3.63, 3.8) is 0 Å². The molecule has 28 heavy (non-hydrogen) atoms. The SMILES string of the molecule is CCCCCCCCCCCNc1nnc(NC(=O)c2c(Cl)cccc2Cl)s1. The Hall–Kier alpha value is -1.37. The summed E-state index contributed by atoms with van der Waals surface area (Å²) in [5.74, 6) is -0.391. The highest BCUT2D eigenvalue weighted by Crippen LogP contribution is 2.26. The molecule has 0 aliphatic rings. The second-order valence-electron chi connectivity index (χ2n) is 6.72. The number of aromatic nitrogens is 2. The number of anilines is 2. The van der Waals surface area contributed by atoms with E-state index in [9.17, 15) is 4.79 Å². The highest BCUT2D eigenvalue weighted by Gasteiger charge is 2.16. The minimum absolute atomic E-state index is 0.241. The third-order valence-electron chi connectivity index (χ3n) is 4.39. The van der Waals surface area contributed by atoms with E-state index >= 15 is 0 Å². The lowest BCUT2D eigenvalue weighted by molar-refractivity contribution is 0.102. The molecule has 8 heteroatoms. The van der Waals surface area contributed by atoms with E-state index in [-0.39, 0.29) is 5.56 Å². The van der Waals surface area contributed by atoms with Gasteiger partial charge in [-0.1, -0.05) is 98.9 Å². The Labute approximate surface area is 181 Å². The van der Waals surface area contributed by atoms with E-state index in [1.54, 1.807) is 18.2 Å². The predicted octanol–water partition coefficient (Wildman–Crippen LogP) is 7.04. The molecule has 2 N–H and O–H groups in total. The molecular formula is C20H28Cl2N4OS. The van der Waals surface area contributed by atoms with Gasteiger partial charge in [-0.2, -0.15) is 0 Å². The number of benzene rings is 1. The number of nitrogens with zero attached hydrogens (tertiary/aromatic N) is 2. The van der Waals surface area contributed by atoms with Crippen LogP contribution in [0.1, 0.15) is 75.1 Å². The highest BCUT2D eigenvalue weighted by molar-refractivity contribution is 7.19. The van der Waals surface area contributed by atoms with Crippen LogP contribution >= 0.6 is 34.5 Å². The molecule has 0 bridgehead atoms. The van der Waals surface area contributed by atoms with Gasteiger partial charge in [-0.05, 0) is 18.6 Å². The van der Waals surface area contributed by atoms with Crippen LogP contribution in [0.3, 0.4) is 0 Å². The minimum atomic E-state index is -0.391. The number of rotatable bonds is 13. The molecule has 0 spiro atoms. The van der Waals surface area contributed by atoms with Gasteiger partial charge in [-0.15, -0.1) is 10.2 Å². The summed E-state index contributed by atoms with van der Waals surface area (Å²) in [4.78, 5) is 12.3. The molecule has 2 aromatic rings. The van der Waals surface area contributed by atoms with Crippen LogP contribution < -0.4 is 10.6 Å². The number of amides is 1. The maximum absolute atomic E-state index is 12.3. The summed E-state index contributed by atoms with van der Waals surface area (Å²) >= 11 is 13.4. The monoisotopic (exact) mass is 442 g/mol. The molecule has 0 aliphatic carbocycles. The Balaban J connectivity index is 1.64. The van der Waals surface area contributed by atoms with Crippen molar-refractivity contribution in [3.05, 3.63) is 33.8 Å². The molecular weight excluding hydrogens is 415 g/mol. The average Bonchev–Trinajstić information content (AvgIpc) is 3.10. The normalized spacial score (nSPS) is 10.8. The smallest absolute Gasteiger partial charge is 0.260 e. The first-order valence-electron chi connectivity index (χ1n) is 9.94. The van der Waals surface area contributed by atoms with Crippen molar-refractivity contribution in [1.29, 1.82) is 0 Å². The van der Waals surface area contributed by atoms with Crippen LogP contribution in [0.4, 0.5) is 10.3 Å². The number of unbranched alkanes of at least 4 members (excludes halogenated alkanes) is 8. The second-order valence-corrected chi connectivity index (χ2v) is 8.51. The first-order chi connectivity index (χ1) is 13.6. The van der Waals surface area contributed by atoms with E-state index in [2.05, 4.69) is 27.8 Å². The van der Waals surface area contributed by atoms with Crippen LogP contribution in [-0.4, -0.2) is 22.6 Å². The van der Waals surface area contributed by atoms with E-state index in [0.717, 1.165) is 13.0 Å². The summed E-state index contributed by atoms with van der Waals surface area (Å²) in [5, 5.41) is 15.7. The molecule has 0 unspecified atom stereocenters. The van der Waals surface area contributed by atoms with Crippen molar-refractivity contribution < 1.29 is 4.79 Å². The van der Waals surface area contributed by atoms with Gasteiger partial charge in [-0.3, -0.25) is 10.1 Å². The zero-order chi connectivity index (χ0) is 20.2. The van der Waals surface area contributed by atoms with E-state index in [4.69, 9.17) is 23.2 Å². The van der Waals surface area contributed by atoms with E-state index in [1.807, 2.05) is 0 Å². The zero-order valence-electron chi connectivity index (χ0n) is 16.3. The van der Waals surface area contributed by atoms with Crippen molar-refractivity contribution in [2.24, 2.45) is 0 Å². The van der Waals surface area contributed by atoms with E-state index < -0.39 is 5.91 Å². The number of carbonyl (C=O) groups excluding carboxylic acids is 1. The van der Waals surface area contributed by atoms with Gasteiger partial charge in [-0.25, -0.2) is 0 Å². The Bertz CT molecular complexity index is 718. The number of halogens is 2. The lowest BCUT2D eigenvalue weighted by Gasteiger charge is -2.05. The number of hydrogen-bond donors (Lipinski definition) is 2. The molecule has 154 valence electrons. The van der Waals surface area contributed by atoms with Gasteiger partial charge in [0.1, 0.15) is 0 Å². The van der Waals surface area contributed by atoms with Gasteiger partial charge in [0.05, 0.1) is 15.6 Å². The molecule has 0 saturated carbocycles. The molecule has 1 aromatic carbocycles. The van der Waals surface area contributed by atoms with Gasteiger partial charge in [0, 0.05) is 6.54 Å². The summed E-state index contributed by atoms with van der Waals surface area (Å²) in [5.41, 5.74) is 0.241. The van der Waals surface area contributed by atoms with Gasteiger partial charge in [0.25, 0.3) is 5.91 Å². The Kier molecular flexibility index (Phi) is 10.6. The molecule has 1 amide bonds. The van der Waals surface area contributed by atoms with Crippen LogP contribution in [0.5, 0.6) is 0 Å².